The molecule has 0 unspecified atom stereocenters. The monoisotopic (exact) mass is 1440 g/mol. The first-order chi connectivity index (χ1) is 30.0. The van der Waals surface area contributed by atoms with Crippen LogP contribution in [-0.2, 0) is 67.4 Å². The van der Waals surface area contributed by atoms with Crippen LogP contribution >= 0.6 is 0 Å². The molecular weight excluding hydrogens is 1410 g/mol. The van der Waals surface area contributed by atoms with E-state index in [-0.39, 0.29) is 88.4 Å². The van der Waals surface area contributed by atoms with Crippen LogP contribution in [0.4, 0.5) is 26.3 Å². The molecule has 349 valence electrons. The van der Waals surface area contributed by atoms with Crippen LogP contribution in [0.3, 0.4) is 0 Å². The van der Waals surface area contributed by atoms with E-state index in [2.05, 4.69) is 58.2 Å². The summed E-state index contributed by atoms with van der Waals surface area (Å²) < 4.78 is 78.7. The molecule has 0 saturated heterocycles. The van der Waals surface area contributed by atoms with Crippen molar-refractivity contribution in [2.24, 2.45) is 7.05 Å². The molecule has 8 heterocycles. The van der Waals surface area contributed by atoms with Gasteiger partial charge in [0.05, 0.1) is 0 Å². The number of rotatable bonds is 5. The Morgan fingerprint density at radius 2 is 0.909 bits per heavy atom. The number of hydrogen-bond donors (Lipinski definition) is 2. The molecular formula is C44H32F6Ir3N9O4-3. The summed E-state index contributed by atoms with van der Waals surface area (Å²) in [5.74, 6) is -7.32. The van der Waals surface area contributed by atoms with Crippen molar-refractivity contribution in [1.29, 1.82) is 0 Å². The molecule has 0 aliphatic rings. The van der Waals surface area contributed by atoms with E-state index in [0.717, 1.165) is 35.0 Å². The normalized spacial score (nSPS) is 9.55. The molecule has 2 N–H and O–H groups in total. The molecule has 0 amide bonds. The maximum atomic E-state index is 13.2. The molecule has 0 aromatic carbocycles. The second-order valence-corrected chi connectivity index (χ2v) is 12.4. The first-order valence-electron chi connectivity index (χ1n) is 17.9. The summed E-state index contributed by atoms with van der Waals surface area (Å²) in [6, 6.07) is 28.6. The number of aryl methyl sites for hydroxylation is 4. The predicted molar refractivity (Wildman–Crippen MR) is 214 cm³/mol. The van der Waals surface area contributed by atoms with E-state index in [0.29, 0.717) is 17.1 Å². The number of carboxylic acid groups (broad SMARTS) is 2. The fourth-order valence-electron chi connectivity index (χ4n) is 4.67. The van der Waals surface area contributed by atoms with Crippen LogP contribution in [0.1, 0.15) is 37.8 Å². The van der Waals surface area contributed by atoms with Gasteiger partial charge in [-0.1, -0.05) is 76.3 Å². The van der Waals surface area contributed by atoms with Crippen molar-refractivity contribution < 1.29 is 106 Å². The van der Waals surface area contributed by atoms with Gasteiger partial charge in [0.1, 0.15) is 41.4 Å². The number of nitrogens with zero attached hydrogens (tertiary/aromatic N) is 9. The second kappa shape index (κ2) is 28.6. The Morgan fingerprint density at radius 1 is 0.515 bits per heavy atom. The molecule has 0 spiro atoms. The van der Waals surface area contributed by atoms with Gasteiger partial charge >= 0.3 is 11.9 Å². The van der Waals surface area contributed by atoms with Crippen molar-refractivity contribution in [1.82, 2.24) is 44.7 Å². The minimum Gasteiger partial charge on any atom is -0.477 e. The van der Waals surface area contributed by atoms with E-state index in [4.69, 9.17) is 10.2 Å². The van der Waals surface area contributed by atoms with Crippen LogP contribution < -0.4 is 0 Å². The molecule has 0 bridgehead atoms. The zero-order valence-corrected chi connectivity index (χ0v) is 41.6. The van der Waals surface area contributed by atoms with Gasteiger partial charge in [-0.2, -0.15) is 5.10 Å². The Morgan fingerprint density at radius 3 is 1.20 bits per heavy atom. The summed E-state index contributed by atoms with van der Waals surface area (Å²) in [5, 5.41) is 20.5. The largest absolute Gasteiger partial charge is 0.477 e. The number of halogens is 6. The van der Waals surface area contributed by atoms with Crippen molar-refractivity contribution in [3.63, 3.8) is 0 Å². The molecule has 8 rings (SSSR count). The van der Waals surface area contributed by atoms with Crippen LogP contribution in [0, 0.1) is 74.7 Å². The van der Waals surface area contributed by atoms with Gasteiger partial charge in [0.2, 0.25) is 0 Å². The van der Waals surface area contributed by atoms with Gasteiger partial charge in [0.25, 0.3) is 0 Å². The third kappa shape index (κ3) is 18.3. The topological polar surface area (TPSA) is 183 Å². The zero-order chi connectivity index (χ0) is 46.1. The summed E-state index contributed by atoms with van der Waals surface area (Å²) in [6.45, 7) is 5.53. The molecule has 0 saturated carbocycles. The molecule has 0 aliphatic carbocycles. The zero-order valence-electron chi connectivity index (χ0n) is 34.4. The molecule has 0 fully saturated rings. The molecule has 13 nitrogen and oxygen atoms in total. The summed E-state index contributed by atoms with van der Waals surface area (Å²) >= 11 is 0. The van der Waals surface area contributed by atoms with Crippen molar-refractivity contribution in [3.05, 3.63) is 192 Å². The van der Waals surface area contributed by atoms with Crippen LogP contribution in [0.15, 0.2) is 110 Å². The molecule has 22 heteroatoms. The third-order valence-electron chi connectivity index (χ3n) is 7.72. The first-order valence-corrected chi connectivity index (χ1v) is 17.9. The summed E-state index contributed by atoms with van der Waals surface area (Å²) in [6.07, 6.45) is 6.08. The maximum absolute atomic E-state index is 13.2. The van der Waals surface area contributed by atoms with E-state index in [1.165, 1.54) is 29.2 Å². The molecule has 66 heavy (non-hydrogen) atoms. The standard InChI is InChI=1S/2C11H7F2N2.C10H5F2N2.C6H8N2O2.C6H5NO2.3Ir/c2*1-7-4-5-14-9(6-7)8-2-3-10(12)15-11(8)13;11-9-5-4-7(10(12)14-9)8-3-1-2-6-13-8;1-4-3-5(6(9)10)7-8(4)2;8-6(9)5-3-1-2-4-7-5;;;/h2*3-6H,1H3;1-3,5-6H;3H,1-2H3,(H,9,10);1-4H,(H,8,9);;;/q3*-1;;;;;. The maximum Gasteiger partial charge on any atom is 0.356 e. The number of aromatic carboxylic acids is 2. The Labute approximate surface area is 414 Å². The quantitative estimate of drug-likeness (QED) is 0.0954. The smallest absolute Gasteiger partial charge is 0.356 e. The fourth-order valence-corrected chi connectivity index (χ4v) is 4.67. The van der Waals surface area contributed by atoms with Gasteiger partial charge < -0.3 is 25.2 Å². The Bertz CT molecular complexity index is 2690. The fraction of sp³-hybridized carbons (Fsp3) is 0.0909. The molecule has 8 aromatic rings. The minimum atomic E-state index is -0.990. The van der Waals surface area contributed by atoms with Gasteiger partial charge in [0.15, 0.2) is 5.69 Å². The average Bonchev–Trinajstić information content (AvgIpc) is 3.60. The van der Waals surface area contributed by atoms with Crippen LogP contribution in [0.2, 0.25) is 0 Å². The van der Waals surface area contributed by atoms with Crippen LogP contribution in [-0.4, -0.2) is 66.8 Å². The molecule has 0 aliphatic heterocycles. The average molecular weight is 1440 g/mol. The Hall–Kier alpha value is -6.27. The number of carbonyl (C=O) groups is 2. The van der Waals surface area contributed by atoms with Gasteiger partial charge in [0, 0.05) is 97.8 Å². The first kappa shape index (κ1) is 57.7. The second-order valence-electron chi connectivity index (χ2n) is 12.4. The number of pyridine rings is 7. The summed E-state index contributed by atoms with van der Waals surface area (Å²) in [4.78, 5) is 45.0. The van der Waals surface area contributed by atoms with Crippen molar-refractivity contribution in [2.45, 2.75) is 20.8 Å². The SMILES string of the molecule is Cc1cc(C(=O)O)nn1C.Cc1ccnc(-c2[c-]cc(F)nc2F)c1.Cc1ccnc(-c2[c-]cc(F)nc2F)c1.Fc1c[c-]c(-c2ccccn2)c(F)n1.O=C(O)c1ccccn1.[Ir].[Ir].[Ir]. The van der Waals surface area contributed by atoms with Gasteiger partial charge in [-0.15, -0.1) is 18.2 Å². The molecule has 8 aromatic heterocycles. The summed E-state index contributed by atoms with van der Waals surface area (Å²) in [5.41, 5.74) is 4.34. The van der Waals surface area contributed by atoms with Crippen molar-refractivity contribution >= 4 is 11.9 Å². The number of hydrogen-bond acceptors (Lipinski definition) is 10. The summed E-state index contributed by atoms with van der Waals surface area (Å²) in [7, 11) is 1.71. The van der Waals surface area contributed by atoms with Gasteiger partial charge in [-0.05, 0) is 74.3 Å². The van der Waals surface area contributed by atoms with Gasteiger partial charge in [-0.25, -0.2) is 40.9 Å². The molecule has 3 radical (unpaired) electrons. The van der Waals surface area contributed by atoms with Crippen LogP contribution in [0.25, 0.3) is 33.8 Å². The number of carboxylic acids is 2. The van der Waals surface area contributed by atoms with Gasteiger partial charge in [-0.3, -0.25) is 19.6 Å². The third-order valence-corrected chi connectivity index (χ3v) is 7.72. The van der Waals surface area contributed by atoms with E-state index in [9.17, 15) is 35.9 Å². The minimum absolute atomic E-state index is 0. The van der Waals surface area contributed by atoms with Crippen molar-refractivity contribution in [3.8, 4) is 33.8 Å². The predicted octanol–water partition coefficient (Wildman–Crippen LogP) is 8.48. The van der Waals surface area contributed by atoms with E-state index >= 15 is 0 Å². The van der Waals surface area contributed by atoms with E-state index < -0.39 is 47.6 Å². The van der Waals surface area contributed by atoms with E-state index in [1.54, 1.807) is 81.0 Å². The van der Waals surface area contributed by atoms with E-state index in [1.807, 2.05) is 13.8 Å². The molecule has 0 atom stereocenters. The van der Waals surface area contributed by atoms with Crippen molar-refractivity contribution in [2.75, 3.05) is 0 Å². The Kier molecular flexibility index (Phi) is 25.0. The van der Waals surface area contributed by atoms with Crippen LogP contribution in [0.5, 0.6) is 0 Å². The Balaban J connectivity index is 0.000000413. The number of aromatic nitrogens is 9.